The van der Waals surface area contributed by atoms with Crippen molar-refractivity contribution in [1.29, 1.82) is 0 Å². The number of amides is 2. The number of piperidine rings is 1. The number of hydrogen-bond donors (Lipinski definition) is 2. The van der Waals surface area contributed by atoms with Gasteiger partial charge in [0, 0.05) is 18.7 Å². The fourth-order valence-corrected chi connectivity index (χ4v) is 3.78. The van der Waals surface area contributed by atoms with E-state index in [1.165, 1.54) is 18.2 Å². The molecule has 0 aromatic heterocycles. The summed E-state index contributed by atoms with van der Waals surface area (Å²) in [6.45, 7) is 4.68. The van der Waals surface area contributed by atoms with Gasteiger partial charge >= 0.3 is 0 Å². The average molecular weight is 416 g/mol. The number of carbonyl (C=O) groups is 2. The van der Waals surface area contributed by atoms with Gasteiger partial charge in [0.2, 0.25) is 5.91 Å². The van der Waals surface area contributed by atoms with E-state index in [1.807, 2.05) is 13.8 Å². The number of nitrogens with zero attached hydrogens (tertiary/aromatic N) is 1. The second kappa shape index (κ2) is 9.24. The number of benzene rings is 2. The lowest BCUT2D eigenvalue weighted by molar-refractivity contribution is -0.135. The topological polar surface area (TPSA) is 69.6 Å². The molecule has 2 amide bonds. The fourth-order valence-electron chi connectivity index (χ4n) is 3.78. The van der Waals surface area contributed by atoms with Gasteiger partial charge < -0.3 is 15.3 Å². The Balaban J connectivity index is 1.63. The van der Waals surface area contributed by atoms with E-state index in [9.17, 15) is 23.5 Å². The van der Waals surface area contributed by atoms with Crippen LogP contribution >= 0.6 is 0 Å². The van der Waals surface area contributed by atoms with Gasteiger partial charge in [-0.1, -0.05) is 26.0 Å². The van der Waals surface area contributed by atoms with E-state index < -0.39 is 23.6 Å². The second-order valence-corrected chi connectivity index (χ2v) is 8.02. The highest BCUT2D eigenvalue weighted by Gasteiger charge is 2.32. The molecule has 3 rings (SSSR count). The van der Waals surface area contributed by atoms with Gasteiger partial charge in [-0.15, -0.1) is 0 Å². The molecule has 0 radical (unpaired) electrons. The molecule has 0 saturated carbocycles. The summed E-state index contributed by atoms with van der Waals surface area (Å²) >= 11 is 0. The molecule has 1 heterocycles. The van der Waals surface area contributed by atoms with Gasteiger partial charge in [0.25, 0.3) is 5.91 Å². The van der Waals surface area contributed by atoms with Crippen molar-refractivity contribution < 1.29 is 23.5 Å². The molecule has 7 heteroatoms. The Hall–Kier alpha value is -2.96. The van der Waals surface area contributed by atoms with E-state index in [4.69, 9.17) is 0 Å². The minimum Gasteiger partial charge on any atom is -0.508 e. The van der Waals surface area contributed by atoms with Crippen molar-refractivity contribution in [2.45, 2.75) is 38.6 Å². The summed E-state index contributed by atoms with van der Waals surface area (Å²) in [7, 11) is 0. The number of halogens is 2. The first-order valence-corrected chi connectivity index (χ1v) is 10.1. The smallest absolute Gasteiger partial charge is 0.252 e. The van der Waals surface area contributed by atoms with Gasteiger partial charge in [0.15, 0.2) is 11.6 Å². The standard InChI is InChI=1S/C23H26F2N2O3/c1-14(2)21(26-22(29)17-4-3-5-18(28)12-17)23(30)27-10-8-15(9-11-27)16-6-7-19(24)20(25)13-16/h3-7,12-15,21,28H,8-11H2,1-2H3,(H,26,29)/t21-/m1/s1. The fraction of sp³-hybridized carbons (Fsp3) is 0.391. The van der Waals surface area contributed by atoms with E-state index >= 15 is 0 Å². The maximum atomic E-state index is 13.5. The van der Waals surface area contributed by atoms with Crippen LogP contribution in [0.4, 0.5) is 8.78 Å². The summed E-state index contributed by atoms with van der Waals surface area (Å²) in [5, 5.41) is 12.4. The molecule has 1 aliphatic rings. The van der Waals surface area contributed by atoms with Crippen molar-refractivity contribution in [2.75, 3.05) is 13.1 Å². The minimum absolute atomic E-state index is 0.0191. The Morgan fingerprint density at radius 3 is 2.37 bits per heavy atom. The number of phenolic OH excluding ortho intramolecular Hbond substituents is 1. The lowest BCUT2D eigenvalue weighted by atomic mass is 9.88. The predicted molar refractivity (Wildman–Crippen MR) is 109 cm³/mol. The highest BCUT2D eigenvalue weighted by Crippen LogP contribution is 2.29. The quantitative estimate of drug-likeness (QED) is 0.778. The molecule has 0 aliphatic carbocycles. The van der Waals surface area contributed by atoms with Gasteiger partial charge in [-0.25, -0.2) is 8.78 Å². The number of carbonyl (C=O) groups excluding carboxylic acids is 2. The first-order valence-electron chi connectivity index (χ1n) is 10.1. The number of aromatic hydroxyl groups is 1. The normalized spacial score (nSPS) is 15.8. The predicted octanol–water partition coefficient (Wildman–Crippen LogP) is 3.83. The molecular weight excluding hydrogens is 390 g/mol. The third kappa shape index (κ3) is 4.96. The van der Waals surface area contributed by atoms with E-state index in [0.717, 1.165) is 11.6 Å². The number of likely N-dealkylation sites (tertiary alicyclic amines) is 1. The molecule has 0 spiro atoms. The molecule has 0 bridgehead atoms. The van der Waals surface area contributed by atoms with E-state index in [1.54, 1.807) is 23.1 Å². The molecule has 2 aromatic rings. The lowest BCUT2D eigenvalue weighted by Gasteiger charge is -2.35. The van der Waals surface area contributed by atoms with Crippen LogP contribution in [0.25, 0.3) is 0 Å². The molecule has 1 saturated heterocycles. The van der Waals surface area contributed by atoms with E-state index in [0.29, 0.717) is 25.9 Å². The molecule has 1 aliphatic heterocycles. The van der Waals surface area contributed by atoms with Crippen molar-refractivity contribution in [2.24, 2.45) is 5.92 Å². The summed E-state index contributed by atoms with van der Waals surface area (Å²) in [6.07, 6.45) is 1.28. The summed E-state index contributed by atoms with van der Waals surface area (Å²) in [5.41, 5.74) is 1.02. The summed E-state index contributed by atoms with van der Waals surface area (Å²) in [5.74, 6) is -2.40. The van der Waals surface area contributed by atoms with E-state index in [2.05, 4.69) is 5.32 Å². The zero-order valence-electron chi connectivity index (χ0n) is 17.1. The average Bonchev–Trinajstić information content (AvgIpc) is 2.73. The molecule has 2 N–H and O–H groups in total. The molecule has 160 valence electrons. The lowest BCUT2D eigenvalue weighted by Crippen LogP contribution is -2.52. The summed E-state index contributed by atoms with van der Waals surface area (Å²) < 4.78 is 26.7. The maximum absolute atomic E-state index is 13.5. The number of hydrogen-bond acceptors (Lipinski definition) is 3. The van der Waals surface area contributed by atoms with Crippen LogP contribution in [-0.4, -0.2) is 41.0 Å². The summed E-state index contributed by atoms with van der Waals surface area (Å²) in [4.78, 5) is 27.3. The number of phenols is 1. The first-order chi connectivity index (χ1) is 14.3. The van der Waals surface area contributed by atoms with Gasteiger partial charge in [-0.05, 0) is 60.6 Å². The van der Waals surface area contributed by atoms with Crippen LogP contribution in [0.1, 0.15) is 48.5 Å². The van der Waals surface area contributed by atoms with Crippen molar-refractivity contribution in [3.63, 3.8) is 0 Å². The second-order valence-electron chi connectivity index (χ2n) is 8.02. The zero-order chi connectivity index (χ0) is 21.8. The third-order valence-electron chi connectivity index (χ3n) is 5.55. The van der Waals surface area contributed by atoms with Crippen LogP contribution in [0.15, 0.2) is 42.5 Å². The summed E-state index contributed by atoms with van der Waals surface area (Å²) in [6, 6.07) is 9.22. The molecule has 5 nitrogen and oxygen atoms in total. The van der Waals surface area contributed by atoms with E-state index in [-0.39, 0.29) is 29.1 Å². The van der Waals surface area contributed by atoms with Gasteiger partial charge in [0.05, 0.1) is 0 Å². The van der Waals surface area contributed by atoms with Crippen molar-refractivity contribution in [3.8, 4) is 5.75 Å². The number of rotatable bonds is 5. The Labute approximate surface area is 174 Å². The molecule has 1 atom stereocenters. The van der Waals surface area contributed by atoms with Crippen molar-refractivity contribution in [3.05, 3.63) is 65.2 Å². The third-order valence-corrected chi connectivity index (χ3v) is 5.55. The molecule has 1 fully saturated rings. The van der Waals surface area contributed by atoms with Crippen LogP contribution in [-0.2, 0) is 4.79 Å². The molecular formula is C23H26F2N2O3. The first kappa shape index (κ1) is 21.7. The highest BCUT2D eigenvalue weighted by molar-refractivity contribution is 5.97. The van der Waals surface area contributed by atoms with Gasteiger partial charge in [0.1, 0.15) is 11.8 Å². The molecule has 2 aromatic carbocycles. The highest BCUT2D eigenvalue weighted by atomic mass is 19.2. The van der Waals surface area contributed by atoms with Crippen molar-refractivity contribution in [1.82, 2.24) is 10.2 Å². The SMILES string of the molecule is CC(C)[C@@H](NC(=O)c1cccc(O)c1)C(=O)N1CCC(c2ccc(F)c(F)c2)CC1. The largest absolute Gasteiger partial charge is 0.508 e. The Kier molecular flexibility index (Phi) is 6.70. The van der Waals surface area contributed by atoms with Crippen LogP contribution in [0, 0.1) is 17.6 Å². The molecule has 0 unspecified atom stereocenters. The number of nitrogens with one attached hydrogen (secondary N) is 1. The Bertz CT molecular complexity index is 924. The van der Waals surface area contributed by atoms with Crippen LogP contribution in [0.2, 0.25) is 0 Å². The minimum atomic E-state index is -0.867. The van der Waals surface area contributed by atoms with Crippen LogP contribution < -0.4 is 5.32 Å². The zero-order valence-corrected chi connectivity index (χ0v) is 17.1. The Morgan fingerprint density at radius 1 is 1.07 bits per heavy atom. The monoisotopic (exact) mass is 416 g/mol. The van der Waals surface area contributed by atoms with Crippen LogP contribution in [0.5, 0.6) is 5.75 Å². The van der Waals surface area contributed by atoms with Gasteiger partial charge in [-0.3, -0.25) is 9.59 Å². The van der Waals surface area contributed by atoms with Gasteiger partial charge in [-0.2, -0.15) is 0 Å². The molecule has 30 heavy (non-hydrogen) atoms. The van der Waals surface area contributed by atoms with Crippen LogP contribution in [0.3, 0.4) is 0 Å². The maximum Gasteiger partial charge on any atom is 0.252 e. The van der Waals surface area contributed by atoms with Crippen molar-refractivity contribution >= 4 is 11.8 Å². The Morgan fingerprint density at radius 2 is 1.77 bits per heavy atom.